The molecule has 2 amide bonds. The first kappa shape index (κ1) is 23.1. The van der Waals surface area contributed by atoms with Gasteiger partial charge in [-0.3, -0.25) is 9.59 Å². The Morgan fingerprint density at radius 1 is 1.00 bits per heavy atom. The molecule has 0 unspecified atom stereocenters. The molecule has 0 saturated heterocycles. The van der Waals surface area contributed by atoms with Gasteiger partial charge in [0.15, 0.2) is 0 Å². The molecule has 1 aliphatic heterocycles. The first-order chi connectivity index (χ1) is 17.1. The van der Waals surface area contributed by atoms with E-state index in [9.17, 15) is 9.59 Å². The second-order valence-electron chi connectivity index (χ2n) is 8.56. The molecule has 2 heterocycles. The maximum atomic E-state index is 13.8. The third-order valence-electron chi connectivity index (χ3n) is 6.40. The summed E-state index contributed by atoms with van der Waals surface area (Å²) in [5.41, 5.74) is 3.88. The zero-order valence-electron chi connectivity index (χ0n) is 19.7. The highest BCUT2D eigenvalue weighted by molar-refractivity contribution is 8.00. The molecule has 1 N–H and O–H groups in total. The Kier molecular flexibility index (Phi) is 6.51. The van der Waals surface area contributed by atoms with Crippen LogP contribution in [0.25, 0.3) is 10.9 Å². The summed E-state index contributed by atoms with van der Waals surface area (Å²) < 4.78 is 7.37. The van der Waals surface area contributed by atoms with Crippen LogP contribution in [0.2, 0.25) is 0 Å². The zero-order valence-corrected chi connectivity index (χ0v) is 20.5. The smallest absolute Gasteiger partial charge is 0.247 e. The third-order valence-corrected chi connectivity index (χ3v) is 7.56. The second kappa shape index (κ2) is 9.88. The first-order valence-corrected chi connectivity index (χ1v) is 12.5. The standard InChI is InChI=1S/C28H27N3O3S/c1-30-23-11-7-6-10-22(23)25-26(27(33)29-16-19-8-4-3-5-9-19)31(24(32)18-35-28(25)30)17-20-12-14-21(34-2)15-13-20/h3-15,26H,16-18H2,1-2H3,(H,29,33)/t26-/m1/s1. The van der Waals surface area contributed by atoms with Crippen molar-refractivity contribution in [1.29, 1.82) is 0 Å². The maximum absolute atomic E-state index is 13.8. The van der Waals surface area contributed by atoms with E-state index in [1.54, 1.807) is 12.0 Å². The van der Waals surface area contributed by atoms with Crippen molar-refractivity contribution in [2.24, 2.45) is 7.05 Å². The lowest BCUT2D eigenvalue weighted by molar-refractivity contribution is -0.139. The molecule has 0 aliphatic carbocycles. The third kappa shape index (κ3) is 4.51. The fourth-order valence-electron chi connectivity index (χ4n) is 4.61. The second-order valence-corrected chi connectivity index (χ2v) is 9.52. The number of nitrogens with one attached hydrogen (secondary N) is 1. The Balaban J connectivity index is 1.57. The first-order valence-electron chi connectivity index (χ1n) is 11.5. The molecule has 0 saturated carbocycles. The molecule has 1 aromatic heterocycles. The molecule has 0 spiro atoms. The van der Waals surface area contributed by atoms with Crippen LogP contribution in [0.3, 0.4) is 0 Å². The maximum Gasteiger partial charge on any atom is 0.247 e. The number of aryl methyl sites for hydroxylation is 1. The lowest BCUT2D eigenvalue weighted by Crippen LogP contribution is -2.43. The number of benzene rings is 3. The molecule has 0 radical (unpaired) electrons. The lowest BCUT2D eigenvalue weighted by Gasteiger charge is -2.30. The summed E-state index contributed by atoms with van der Waals surface area (Å²) in [6, 6.07) is 24.8. The Labute approximate surface area is 208 Å². The Hall–Kier alpha value is -3.71. The quantitative estimate of drug-likeness (QED) is 0.431. The summed E-state index contributed by atoms with van der Waals surface area (Å²) >= 11 is 1.50. The Bertz CT molecular complexity index is 1370. The van der Waals surface area contributed by atoms with Crippen molar-refractivity contribution in [3.05, 3.63) is 95.6 Å². The summed E-state index contributed by atoms with van der Waals surface area (Å²) in [5, 5.41) is 5.04. The van der Waals surface area contributed by atoms with Crippen molar-refractivity contribution < 1.29 is 14.3 Å². The van der Waals surface area contributed by atoms with Crippen LogP contribution >= 0.6 is 11.8 Å². The van der Waals surface area contributed by atoms with Crippen molar-refractivity contribution in [1.82, 2.24) is 14.8 Å². The fourth-order valence-corrected chi connectivity index (χ4v) is 5.71. The fraction of sp³-hybridized carbons (Fsp3) is 0.214. The van der Waals surface area contributed by atoms with Crippen LogP contribution in [0, 0.1) is 0 Å². The minimum atomic E-state index is -0.746. The van der Waals surface area contributed by atoms with E-state index in [4.69, 9.17) is 4.74 Å². The van der Waals surface area contributed by atoms with E-state index in [0.29, 0.717) is 13.1 Å². The van der Waals surface area contributed by atoms with E-state index >= 15 is 0 Å². The molecule has 3 aromatic carbocycles. The molecule has 5 rings (SSSR count). The minimum Gasteiger partial charge on any atom is -0.497 e. The van der Waals surface area contributed by atoms with Crippen LogP contribution < -0.4 is 10.1 Å². The van der Waals surface area contributed by atoms with Gasteiger partial charge in [-0.15, -0.1) is 0 Å². The van der Waals surface area contributed by atoms with Gasteiger partial charge < -0.3 is 19.5 Å². The van der Waals surface area contributed by atoms with Gasteiger partial charge in [-0.05, 0) is 29.3 Å². The van der Waals surface area contributed by atoms with E-state index in [0.717, 1.165) is 38.4 Å². The van der Waals surface area contributed by atoms with E-state index in [2.05, 4.69) is 16.0 Å². The van der Waals surface area contributed by atoms with Crippen LogP contribution in [0.1, 0.15) is 22.7 Å². The average molecular weight is 486 g/mol. The van der Waals surface area contributed by atoms with Crippen LogP contribution in [-0.4, -0.2) is 34.1 Å². The monoisotopic (exact) mass is 485 g/mol. The van der Waals surface area contributed by atoms with Gasteiger partial charge in [-0.25, -0.2) is 0 Å². The van der Waals surface area contributed by atoms with Gasteiger partial charge in [0.2, 0.25) is 11.8 Å². The highest BCUT2D eigenvalue weighted by Gasteiger charge is 2.38. The molecule has 1 aliphatic rings. The van der Waals surface area contributed by atoms with Crippen molar-refractivity contribution in [3.8, 4) is 5.75 Å². The van der Waals surface area contributed by atoms with Crippen molar-refractivity contribution in [2.45, 2.75) is 24.2 Å². The Morgan fingerprint density at radius 2 is 1.71 bits per heavy atom. The van der Waals surface area contributed by atoms with Gasteiger partial charge in [-0.1, -0.05) is 72.4 Å². The van der Waals surface area contributed by atoms with Crippen LogP contribution in [0.4, 0.5) is 0 Å². The minimum absolute atomic E-state index is 0.0639. The SMILES string of the molecule is COc1ccc(CN2C(=O)CSc3c(c4ccccc4n3C)[C@@H]2C(=O)NCc2ccccc2)cc1. The number of aromatic nitrogens is 1. The van der Waals surface area contributed by atoms with E-state index < -0.39 is 6.04 Å². The number of para-hydroxylation sites is 1. The molecule has 7 heteroatoms. The number of hydrogen-bond acceptors (Lipinski definition) is 4. The number of hydrogen-bond donors (Lipinski definition) is 1. The van der Waals surface area contributed by atoms with Gasteiger partial charge in [0.1, 0.15) is 11.8 Å². The molecule has 0 bridgehead atoms. The molecule has 35 heavy (non-hydrogen) atoms. The summed E-state index contributed by atoms with van der Waals surface area (Å²) in [5.74, 6) is 0.775. The average Bonchev–Trinajstić information content (AvgIpc) is 3.08. The predicted molar refractivity (Wildman–Crippen MR) is 138 cm³/mol. The largest absolute Gasteiger partial charge is 0.497 e. The zero-order chi connectivity index (χ0) is 24.4. The summed E-state index contributed by atoms with van der Waals surface area (Å²) in [6.07, 6.45) is 0. The van der Waals surface area contributed by atoms with Crippen molar-refractivity contribution >= 4 is 34.5 Å². The number of fused-ring (bicyclic) bond motifs is 3. The summed E-state index contributed by atoms with van der Waals surface area (Å²) in [4.78, 5) is 29.0. The number of amides is 2. The van der Waals surface area contributed by atoms with E-state index in [-0.39, 0.29) is 17.6 Å². The van der Waals surface area contributed by atoms with E-state index in [1.165, 1.54) is 11.8 Å². The molecular formula is C28H27N3O3S. The normalized spacial score (nSPS) is 15.5. The number of nitrogens with zero attached hydrogens (tertiary/aromatic N) is 2. The molecule has 1 atom stereocenters. The highest BCUT2D eigenvalue weighted by Crippen LogP contribution is 2.42. The van der Waals surface area contributed by atoms with Gasteiger partial charge in [-0.2, -0.15) is 0 Å². The molecule has 178 valence electrons. The highest BCUT2D eigenvalue weighted by atomic mass is 32.2. The van der Waals surface area contributed by atoms with Gasteiger partial charge >= 0.3 is 0 Å². The van der Waals surface area contributed by atoms with Gasteiger partial charge in [0, 0.05) is 36.6 Å². The molecule has 6 nitrogen and oxygen atoms in total. The van der Waals surface area contributed by atoms with Crippen molar-refractivity contribution in [3.63, 3.8) is 0 Å². The predicted octanol–water partition coefficient (Wildman–Crippen LogP) is 4.68. The summed E-state index contributed by atoms with van der Waals surface area (Å²) in [6.45, 7) is 0.726. The summed E-state index contributed by atoms with van der Waals surface area (Å²) in [7, 11) is 3.62. The number of rotatable bonds is 6. The number of ether oxygens (including phenoxy) is 1. The van der Waals surface area contributed by atoms with Gasteiger partial charge in [0.25, 0.3) is 0 Å². The lowest BCUT2D eigenvalue weighted by atomic mass is 10.0. The molecule has 0 fully saturated rings. The van der Waals surface area contributed by atoms with Crippen LogP contribution in [-0.2, 0) is 29.7 Å². The molecule has 4 aromatic rings. The molecular weight excluding hydrogens is 458 g/mol. The Morgan fingerprint density at radius 3 is 2.46 bits per heavy atom. The number of thioether (sulfide) groups is 1. The topological polar surface area (TPSA) is 63.6 Å². The number of methoxy groups -OCH3 is 1. The van der Waals surface area contributed by atoms with E-state index in [1.807, 2.05) is 79.8 Å². The number of carbonyl (C=O) groups is 2. The van der Waals surface area contributed by atoms with Crippen molar-refractivity contribution in [2.75, 3.05) is 12.9 Å². The number of carbonyl (C=O) groups excluding carboxylic acids is 2. The van der Waals surface area contributed by atoms with Gasteiger partial charge in [0.05, 0.1) is 17.9 Å². The van der Waals surface area contributed by atoms with Crippen LogP contribution in [0.15, 0.2) is 83.9 Å². The van der Waals surface area contributed by atoms with Crippen LogP contribution in [0.5, 0.6) is 5.75 Å².